The normalized spacial score (nSPS) is 16.3. The summed E-state index contributed by atoms with van der Waals surface area (Å²) in [5, 5.41) is 3.00. The van der Waals surface area contributed by atoms with Crippen LogP contribution in [0.15, 0.2) is 0 Å². The van der Waals surface area contributed by atoms with Crippen molar-refractivity contribution in [2.75, 3.05) is 25.1 Å². The van der Waals surface area contributed by atoms with Crippen LogP contribution in [0, 0.1) is 5.92 Å². The number of hydrogen-bond donors (Lipinski definition) is 1. The van der Waals surface area contributed by atoms with Crippen LogP contribution in [0.5, 0.6) is 0 Å². The molecule has 68 valence electrons. The van der Waals surface area contributed by atoms with E-state index in [1.807, 2.05) is 7.05 Å². The average Bonchev–Trinajstić information content (AvgIpc) is 2.00. The zero-order chi connectivity index (χ0) is 8.69. The van der Waals surface area contributed by atoms with Gasteiger partial charge in [-0.1, -0.05) is 20.3 Å². The van der Waals surface area contributed by atoms with Gasteiger partial charge >= 0.3 is 0 Å². The molecule has 11 heavy (non-hydrogen) atoms. The summed E-state index contributed by atoms with van der Waals surface area (Å²) in [4.78, 5) is 0. The van der Waals surface area contributed by atoms with Crippen LogP contribution < -0.4 is 5.32 Å². The van der Waals surface area contributed by atoms with Gasteiger partial charge in [-0.3, -0.25) is 4.21 Å². The Morgan fingerprint density at radius 2 is 2.18 bits per heavy atom. The summed E-state index contributed by atoms with van der Waals surface area (Å²) in [6, 6.07) is 0. The Bertz CT molecular complexity index is 117. The second kappa shape index (κ2) is 6.80. The van der Waals surface area contributed by atoms with Gasteiger partial charge in [0.2, 0.25) is 0 Å². The van der Waals surface area contributed by atoms with Crippen LogP contribution in [0.1, 0.15) is 20.3 Å². The Morgan fingerprint density at radius 1 is 1.55 bits per heavy atom. The standard InChI is InChI=1S/C8H19NOS/c1-4-8(2)7-11(10)6-5-9-3/h8-9H,4-7H2,1-3H3. The van der Waals surface area contributed by atoms with Crippen LogP contribution in [0.4, 0.5) is 0 Å². The fourth-order valence-electron chi connectivity index (χ4n) is 0.734. The third kappa shape index (κ3) is 6.51. The Morgan fingerprint density at radius 3 is 2.64 bits per heavy atom. The predicted molar refractivity (Wildman–Crippen MR) is 51.3 cm³/mol. The van der Waals surface area contributed by atoms with Crippen molar-refractivity contribution in [1.29, 1.82) is 0 Å². The Balaban J connectivity index is 3.36. The number of rotatable bonds is 6. The fourth-order valence-corrected chi connectivity index (χ4v) is 2.20. The summed E-state index contributed by atoms with van der Waals surface area (Å²) in [6.07, 6.45) is 1.13. The summed E-state index contributed by atoms with van der Waals surface area (Å²) < 4.78 is 11.2. The lowest BCUT2D eigenvalue weighted by Crippen LogP contribution is -2.19. The molecule has 0 saturated carbocycles. The van der Waals surface area contributed by atoms with Crippen molar-refractivity contribution in [1.82, 2.24) is 5.32 Å². The molecule has 3 heteroatoms. The topological polar surface area (TPSA) is 29.1 Å². The predicted octanol–water partition coefficient (Wildman–Crippen LogP) is 1.00. The summed E-state index contributed by atoms with van der Waals surface area (Å²) in [7, 11) is 1.28. The molecular formula is C8H19NOS. The molecule has 0 rings (SSSR count). The highest BCUT2D eigenvalue weighted by molar-refractivity contribution is 7.85. The van der Waals surface area contributed by atoms with Gasteiger partial charge in [0.15, 0.2) is 0 Å². The molecule has 0 aromatic carbocycles. The summed E-state index contributed by atoms with van der Waals surface area (Å²) in [5.74, 6) is 2.26. The second-order valence-electron chi connectivity index (χ2n) is 2.93. The minimum absolute atomic E-state index is 0.604. The molecule has 0 aromatic heterocycles. The van der Waals surface area contributed by atoms with Crippen LogP contribution in [-0.2, 0) is 10.8 Å². The Labute approximate surface area is 72.2 Å². The maximum Gasteiger partial charge on any atom is 0.0360 e. The van der Waals surface area contributed by atoms with E-state index in [1.54, 1.807) is 0 Å². The van der Waals surface area contributed by atoms with Gasteiger partial charge in [0, 0.05) is 28.9 Å². The maximum absolute atomic E-state index is 11.2. The van der Waals surface area contributed by atoms with E-state index in [9.17, 15) is 4.21 Å². The van der Waals surface area contributed by atoms with E-state index in [-0.39, 0.29) is 0 Å². The van der Waals surface area contributed by atoms with E-state index in [0.717, 1.165) is 24.5 Å². The average molecular weight is 177 g/mol. The fraction of sp³-hybridized carbons (Fsp3) is 1.00. The van der Waals surface area contributed by atoms with Crippen LogP contribution in [-0.4, -0.2) is 29.3 Å². The van der Waals surface area contributed by atoms with E-state index in [4.69, 9.17) is 0 Å². The smallest absolute Gasteiger partial charge is 0.0360 e. The third-order valence-electron chi connectivity index (χ3n) is 1.75. The lowest BCUT2D eigenvalue weighted by molar-refractivity contribution is 0.614. The highest BCUT2D eigenvalue weighted by Crippen LogP contribution is 2.02. The van der Waals surface area contributed by atoms with Crippen LogP contribution in [0.3, 0.4) is 0 Å². The molecule has 0 saturated heterocycles. The summed E-state index contributed by atoms with van der Waals surface area (Å²) in [5.41, 5.74) is 0. The maximum atomic E-state index is 11.2. The van der Waals surface area contributed by atoms with Gasteiger partial charge in [0.05, 0.1) is 0 Å². The largest absolute Gasteiger partial charge is 0.319 e. The molecule has 0 bridgehead atoms. The highest BCUT2D eigenvalue weighted by atomic mass is 32.2. The van der Waals surface area contributed by atoms with E-state index < -0.39 is 10.8 Å². The van der Waals surface area contributed by atoms with Crippen molar-refractivity contribution >= 4 is 10.8 Å². The van der Waals surface area contributed by atoms with Crippen molar-refractivity contribution in [2.24, 2.45) is 5.92 Å². The zero-order valence-corrected chi connectivity index (χ0v) is 8.54. The third-order valence-corrected chi connectivity index (χ3v) is 3.35. The van der Waals surface area contributed by atoms with E-state index in [0.29, 0.717) is 5.92 Å². The van der Waals surface area contributed by atoms with Crippen molar-refractivity contribution in [3.05, 3.63) is 0 Å². The molecule has 0 aromatic rings. The lowest BCUT2D eigenvalue weighted by Gasteiger charge is -2.07. The molecular weight excluding hydrogens is 158 g/mol. The quantitative estimate of drug-likeness (QED) is 0.656. The van der Waals surface area contributed by atoms with Crippen molar-refractivity contribution in [3.8, 4) is 0 Å². The Kier molecular flexibility index (Phi) is 6.87. The van der Waals surface area contributed by atoms with Gasteiger partial charge in [0.25, 0.3) is 0 Å². The molecule has 0 radical (unpaired) electrons. The first-order valence-corrected chi connectivity index (χ1v) is 5.69. The summed E-state index contributed by atoms with van der Waals surface area (Å²) >= 11 is 0. The molecule has 0 aliphatic rings. The minimum Gasteiger partial charge on any atom is -0.319 e. The Hall–Kier alpha value is 0.110. The highest BCUT2D eigenvalue weighted by Gasteiger charge is 2.04. The minimum atomic E-state index is -0.612. The molecule has 2 atom stereocenters. The molecule has 0 spiro atoms. The number of nitrogens with one attached hydrogen (secondary N) is 1. The first-order valence-electron chi connectivity index (χ1n) is 4.20. The van der Waals surface area contributed by atoms with E-state index >= 15 is 0 Å². The molecule has 2 unspecified atom stereocenters. The van der Waals surface area contributed by atoms with E-state index in [2.05, 4.69) is 19.2 Å². The van der Waals surface area contributed by atoms with Gasteiger partial charge < -0.3 is 5.32 Å². The first-order chi connectivity index (χ1) is 5.20. The van der Waals surface area contributed by atoms with Crippen molar-refractivity contribution < 1.29 is 4.21 Å². The molecule has 0 aliphatic carbocycles. The van der Waals surface area contributed by atoms with Gasteiger partial charge in [-0.15, -0.1) is 0 Å². The molecule has 2 nitrogen and oxygen atoms in total. The van der Waals surface area contributed by atoms with Gasteiger partial charge in [0.1, 0.15) is 0 Å². The second-order valence-corrected chi connectivity index (χ2v) is 4.55. The lowest BCUT2D eigenvalue weighted by atomic mass is 10.2. The van der Waals surface area contributed by atoms with Gasteiger partial charge in [-0.05, 0) is 13.0 Å². The van der Waals surface area contributed by atoms with Crippen molar-refractivity contribution in [3.63, 3.8) is 0 Å². The van der Waals surface area contributed by atoms with Gasteiger partial charge in [-0.2, -0.15) is 0 Å². The van der Waals surface area contributed by atoms with Crippen molar-refractivity contribution in [2.45, 2.75) is 20.3 Å². The molecule has 1 N–H and O–H groups in total. The van der Waals surface area contributed by atoms with Crippen LogP contribution in [0.2, 0.25) is 0 Å². The van der Waals surface area contributed by atoms with Gasteiger partial charge in [-0.25, -0.2) is 0 Å². The first kappa shape index (κ1) is 11.1. The molecule has 0 fully saturated rings. The van der Waals surface area contributed by atoms with Crippen LogP contribution >= 0.6 is 0 Å². The summed E-state index contributed by atoms with van der Waals surface area (Å²) in [6.45, 7) is 5.15. The molecule has 0 amide bonds. The molecule has 0 aliphatic heterocycles. The number of hydrogen-bond acceptors (Lipinski definition) is 2. The zero-order valence-electron chi connectivity index (χ0n) is 7.72. The monoisotopic (exact) mass is 177 g/mol. The van der Waals surface area contributed by atoms with E-state index in [1.165, 1.54) is 0 Å². The SMILES string of the molecule is CCC(C)CS(=O)CCNC. The van der Waals surface area contributed by atoms with Crippen LogP contribution in [0.25, 0.3) is 0 Å². The molecule has 0 heterocycles.